The molecule has 0 aliphatic carbocycles. The highest BCUT2D eigenvalue weighted by Crippen LogP contribution is 2.21. The number of nitrogens with zero attached hydrogens (tertiary/aromatic N) is 2. The lowest BCUT2D eigenvalue weighted by atomic mass is 10.1. The van der Waals surface area contributed by atoms with Crippen LogP contribution in [-0.2, 0) is 13.0 Å². The van der Waals surface area contributed by atoms with E-state index in [1.165, 1.54) is 18.0 Å². The third kappa shape index (κ3) is 2.93. The highest BCUT2D eigenvalue weighted by atomic mass is 16.5. The van der Waals surface area contributed by atoms with Gasteiger partial charge < -0.3 is 9.84 Å². The number of benzene rings is 1. The van der Waals surface area contributed by atoms with Crippen molar-refractivity contribution in [2.24, 2.45) is 0 Å². The van der Waals surface area contributed by atoms with Crippen molar-refractivity contribution in [2.75, 3.05) is 7.11 Å². The van der Waals surface area contributed by atoms with Crippen LogP contribution in [0, 0.1) is 0 Å². The van der Waals surface area contributed by atoms with Gasteiger partial charge in [-0.2, -0.15) is 5.10 Å². The Hall–Kier alpha value is -2.30. The maximum absolute atomic E-state index is 10.8. The first-order valence-electron chi connectivity index (χ1n) is 6.05. The van der Waals surface area contributed by atoms with Crippen LogP contribution < -0.4 is 4.74 Å². The van der Waals surface area contributed by atoms with Crippen molar-refractivity contribution < 1.29 is 14.6 Å². The van der Waals surface area contributed by atoms with Crippen LogP contribution >= 0.6 is 0 Å². The average Bonchev–Trinajstić information content (AvgIpc) is 2.87. The lowest BCUT2D eigenvalue weighted by Crippen LogP contribution is -2.03. The van der Waals surface area contributed by atoms with Crippen LogP contribution in [0.25, 0.3) is 0 Å². The molecule has 1 N–H and O–H groups in total. The molecule has 0 saturated heterocycles. The Morgan fingerprint density at radius 1 is 1.47 bits per heavy atom. The molecule has 1 aromatic heterocycles. The van der Waals surface area contributed by atoms with E-state index in [9.17, 15) is 4.79 Å². The molecule has 0 atom stereocenters. The quantitative estimate of drug-likeness (QED) is 0.895. The fourth-order valence-electron chi connectivity index (χ4n) is 1.91. The zero-order valence-corrected chi connectivity index (χ0v) is 11.0. The van der Waals surface area contributed by atoms with E-state index in [0.717, 1.165) is 17.7 Å². The van der Waals surface area contributed by atoms with E-state index in [0.29, 0.717) is 6.54 Å². The number of aromatic carboxylic acids is 1. The Labute approximate surface area is 111 Å². The van der Waals surface area contributed by atoms with Crippen molar-refractivity contribution in [3.05, 3.63) is 47.3 Å². The normalized spacial score (nSPS) is 10.4. The van der Waals surface area contributed by atoms with Crippen LogP contribution in [0.1, 0.15) is 28.4 Å². The van der Waals surface area contributed by atoms with Crippen molar-refractivity contribution in [1.29, 1.82) is 0 Å². The summed E-state index contributed by atoms with van der Waals surface area (Å²) in [5, 5.41) is 12.9. The molecular formula is C14H16N2O3. The fourth-order valence-corrected chi connectivity index (χ4v) is 1.91. The molecule has 0 radical (unpaired) electrons. The zero-order chi connectivity index (χ0) is 13.8. The minimum atomic E-state index is -0.972. The van der Waals surface area contributed by atoms with Gasteiger partial charge in [0.15, 0.2) is 0 Å². The minimum absolute atomic E-state index is 0.186. The number of carboxylic acid groups (broad SMARTS) is 1. The first-order chi connectivity index (χ1) is 9.13. The first-order valence-corrected chi connectivity index (χ1v) is 6.05. The van der Waals surface area contributed by atoms with Gasteiger partial charge in [-0.15, -0.1) is 0 Å². The number of methoxy groups -OCH3 is 1. The predicted octanol–water partition coefficient (Wildman–Crippen LogP) is 2.20. The SMILES string of the molecule is CCc1ccc(OC)c(Cn2cc(C(=O)O)cn2)c1. The third-order valence-electron chi connectivity index (χ3n) is 2.97. The molecule has 0 aliphatic rings. The molecule has 19 heavy (non-hydrogen) atoms. The molecule has 0 aliphatic heterocycles. The second-order valence-electron chi connectivity index (χ2n) is 4.23. The summed E-state index contributed by atoms with van der Waals surface area (Å²) in [6.07, 6.45) is 3.80. The maximum Gasteiger partial charge on any atom is 0.338 e. The van der Waals surface area contributed by atoms with Crippen molar-refractivity contribution in [1.82, 2.24) is 9.78 Å². The Morgan fingerprint density at radius 3 is 2.84 bits per heavy atom. The monoisotopic (exact) mass is 260 g/mol. The topological polar surface area (TPSA) is 64.3 Å². The van der Waals surface area contributed by atoms with Crippen molar-refractivity contribution >= 4 is 5.97 Å². The van der Waals surface area contributed by atoms with Gasteiger partial charge in [0.05, 0.1) is 25.4 Å². The molecule has 1 heterocycles. The molecular weight excluding hydrogens is 244 g/mol. The van der Waals surface area contributed by atoms with Gasteiger partial charge in [-0.25, -0.2) is 4.79 Å². The van der Waals surface area contributed by atoms with Crippen LogP contribution in [0.2, 0.25) is 0 Å². The van der Waals surface area contributed by atoms with Gasteiger partial charge in [0.25, 0.3) is 0 Å². The van der Waals surface area contributed by atoms with Gasteiger partial charge in [0, 0.05) is 11.8 Å². The Morgan fingerprint density at radius 2 is 2.26 bits per heavy atom. The summed E-state index contributed by atoms with van der Waals surface area (Å²) in [5.74, 6) is -0.190. The second-order valence-corrected chi connectivity index (χ2v) is 4.23. The number of aryl methyl sites for hydroxylation is 1. The van der Waals surface area contributed by atoms with Gasteiger partial charge in [-0.05, 0) is 18.1 Å². The molecule has 0 unspecified atom stereocenters. The summed E-state index contributed by atoms with van der Waals surface area (Å²) in [5.41, 5.74) is 2.38. The predicted molar refractivity (Wildman–Crippen MR) is 70.7 cm³/mol. The number of carbonyl (C=O) groups is 1. The van der Waals surface area contributed by atoms with E-state index in [1.54, 1.807) is 11.8 Å². The van der Waals surface area contributed by atoms with E-state index >= 15 is 0 Å². The third-order valence-corrected chi connectivity index (χ3v) is 2.97. The standard InChI is InChI=1S/C14H16N2O3/c1-3-10-4-5-13(19-2)11(6-10)8-16-9-12(7-15-16)14(17)18/h4-7,9H,3,8H2,1-2H3,(H,17,18). The van der Waals surface area contributed by atoms with Gasteiger partial charge in [-0.1, -0.05) is 19.1 Å². The minimum Gasteiger partial charge on any atom is -0.496 e. The molecule has 0 fully saturated rings. The molecule has 2 rings (SSSR count). The van der Waals surface area contributed by atoms with Gasteiger partial charge in [0.1, 0.15) is 5.75 Å². The highest BCUT2D eigenvalue weighted by Gasteiger charge is 2.09. The number of hydrogen-bond donors (Lipinski definition) is 1. The summed E-state index contributed by atoms with van der Waals surface area (Å²) in [7, 11) is 1.62. The van der Waals surface area contributed by atoms with Crippen LogP contribution in [-0.4, -0.2) is 28.0 Å². The van der Waals surface area contributed by atoms with E-state index in [4.69, 9.17) is 9.84 Å². The Balaban J connectivity index is 2.27. The Kier molecular flexibility index (Phi) is 3.85. The van der Waals surface area contributed by atoms with Crippen LogP contribution in [0.15, 0.2) is 30.6 Å². The number of carboxylic acids is 1. The van der Waals surface area contributed by atoms with E-state index in [1.807, 2.05) is 12.1 Å². The molecule has 5 nitrogen and oxygen atoms in total. The van der Waals surface area contributed by atoms with E-state index < -0.39 is 5.97 Å². The molecule has 2 aromatic rings. The number of rotatable bonds is 5. The average molecular weight is 260 g/mol. The van der Waals surface area contributed by atoms with E-state index in [2.05, 4.69) is 18.1 Å². The Bertz CT molecular complexity index is 590. The summed E-state index contributed by atoms with van der Waals surface area (Å²) in [6.45, 7) is 2.58. The summed E-state index contributed by atoms with van der Waals surface area (Å²) < 4.78 is 6.91. The molecule has 100 valence electrons. The van der Waals surface area contributed by atoms with Gasteiger partial charge in [-0.3, -0.25) is 4.68 Å². The van der Waals surface area contributed by atoms with Crippen molar-refractivity contribution in [2.45, 2.75) is 19.9 Å². The first kappa shape index (κ1) is 13.1. The van der Waals surface area contributed by atoms with Crippen LogP contribution in [0.5, 0.6) is 5.75 Å². The van der Waals surface area contributed by atoms with Crippen LogP contribution in [0.4, 0.5) is 0 Å². The molecule has 0 spiro atoms. The van der Waals surface area contributed by atoms with Crippen molar-refractivity contribution in [3.8, 4) is 5.75 Å². The molecule has 5 heteroatoms. The lowest BCUT2D eigenvalue weighted by molar-refractivity contribution is 0.0697. The molecule has 0 bridgehead atoms. The summed E-state index contributed by atoms with van der Waals surface area (Å²) >= 11 is 0. The fraction of sp³-hybridized carbons (Fsp3) is 0.286. The van der Waals surface area contributed by atoms with Gasteiger partial charge in [0.2, 0.25) is 0 Å². The number of ether oxygens (including phenoxy) is 1. The van der Waals surface area contributed by atoms with E-state index in [-0.39, 0.29) is 5.56 Å². The highest BCUT2D eigenvalue weighted by molar-refractivity contribution is 5.86. The lowest BCUT2D eigenvalue weighted by Gasteiger charge is -2.10. The molecule has 0 amide bonds. The molecule has 1 aromatic carbocycles. The second kappa shape index (κ2) is 5.56. The summed E-state index contributed by atoms with van der Waals surface area (Å²) in [6, 6.07) is 6.00. The smallest absolute Gasteiger partial charge is 0.338 e. The zero-order valence-electron chi connectivity index (χ0n) is 11.0. The maximum atomic E-state index is 10.8. The largest absolute Gasteiger partial charge is 0.496 e. The van der Waals surface area contributed by atoms with Crippen LogP contribution in [0.3, 0.4) is 0 Å². The number of hydrogen-bond acceptors (Lipinski definition) is 3. The van der Waals surface area contributed by atoms with Gasteiger partial charge >= 0.3 is 5.97 Å². The molecule has 0 saturated carbocycles. The number of aromatic nitrogens is 2. The summed E-state index contributed by atoms with van der Waals surface area (Å²) in [4.78, 5) is 10.8. The van der Waals surface area contributed by atoms with Crippen molar-refractivity contribution in [3.63, 3.8) is 0 Å².